The molecular formula is C28H27N3O7. The molecule has 0 spiro atoms. The fourth-order valence-electron chi connectivity index (χ4n) is 3.65. The molecule has 1 aromatic heterocycles. The Hall–Kier alpha value is -4.83. The number of anilines is 1. The highest BCUT2D eigenvalue weighted by Crippen LogP contribution is 2.40. The lowest BCUT2D eigenvalue weighted by atomic mass is 10.1. The quantitative estimate of drug-likeness (QED) is 0.262. The SMILES string of the molecule is COc1cc2c(Oc3ccc(NC(=O)c4ccccc4)cc3OC)ccnc2cc1OCC[C@H](N)C(=O)O. The second-order valence-corrected chi connectivity index (χ2v) is 8.20. The first-order valence-corrected chi connectivity index (χ1v) is 11.7. The number of aliphatic carboxylic acids is 1. The maximum Gasteiger partial charge on any atom is 0.320 e. The van der Waals surface area contributed by atoms with Gasteiger partial charge in [-0.25, -0.2) is 0 Å². The number of fused-ring (bicyclic) bond motifs is 1. The Kier molecular flexibility index (Phi) is 8.24. The molecule has 0 aliphatic rings. The molecule has 38 heavy (non-hydrogen) atoms. The van der Waals surface area contributed by atoms with Gasteiger partial charge in [-0.05, 0) is 36.4 Å². The number of carboxylic acid groups (broad SMARTS) is 1. The number of nitrogens with two attached hydrogens (primary N) is 1. The number of carbonyl (C=O) groups is 2. The molecule has 0 fully saturated rings. The van der Waals surface area contributed by atoms with Crippen molar-refractivity contribution in [3.63, 3.8) is 0 Å². The van der Waals surface area contributed by atoms with Crippen LogP contribution in [-0.2, 0) is 4.79 Å². The van der Waals surface area contributed by atoms with Crippen LogP contribution in [0.5, 0.6) is 28.7 Å². The minimum atomic E-state index is -1.09. The summed E-state index contributed by atoms with van der Waals surface area (Å²) < 4.78 is 22.9. The van der Waals surface area contributed by atoms with E-state index in [0.717, 1.165) is 0 Å². The molecule has 1 heterocycles. The number of rotatable bonds is 11. The fraction of sp³-hybridized carbons (Fsp3) is 0.179. The van der Waals surface area contributed by atoms with Crippen LogP contribution >= 0.6 is 0 Å². The molecule has 0 unspecified atom stereocenters. The van der Waals surface area contributed by atoms with Gasteiger partial charge in [0, 0.05) is 41.4 Å². The van der Waals surface area contributed by atoms with E-state index in [1.807, 2.05) is 6.07 Å². The van der Waals surface area contributed by atoms with E-state index in [1.54, 1.807) is 66.9 Å². The number of carboxylic acids is 1. The van der Waals surface area contributed by atoms with E-state index < -0.39 is 12.0 Å². The molecular weight excluding hydrogens is 490 g/mol. The number of hydrogen-bond acceptors (Lipinski definition) is 8. The molecule has 4 N–H and O–H groups in total. The van der Waals surface area contributed by atoms with Crippen molar-refractivity contribution in [1.29, 1.82) is 0 Å². The van der Waals surface area contributed by atoms with Gasteiger partial charge in [-0.1, -0.05) is 18.2 Å². The van der Waals surface area contributed by atoms with Gasteiger partial charge in [0.15, 0.2) is 23.0 Å². The van der Waals surface area contributed by atoms with Crippen molar-refractivity contribution < 1.29 is 33.6 Å². The molecule has 0 aliphatic carbocycles. The second kappa shape index (κ2) is 11.9. The third-order valence-corrected chi connectivity index (χ3v) is 5.67. The largest absolute Gasteiger partial charge is 0.493 e. The number of amides is 1. The third kappa shape index (κ3) is 6.11. The van der Waals surface area contributed by atoms with Crippen LogP contribution in [0.1, 0.15) is 16.8 Å². The van der Waals surface area contributed by atoms with Crippen molar-refractivity contribution in [2.75, 3.05) is 26.1 Å². The van der Waals surface area contributed by atoms with E-state index in [9.17, 15) is 9.59 Å². The standard InChI is InChI=1S/C28H27N3O7/c1-35-24-14-18(31-27(32)17-6-4-3-5-7-17)8-9-23(24)38-22-10-12-30-21-16-26(25(36-2)15-19(21)22)37-13-11-20(29)28(33)34/h3-10,12,14-16,20H,11,13,29H2,1-2H3,(H,31,32)(H,33,34)/t20-/m0/s1. The summed E-state index contributed by atoms with van der Waals surface area (Å²) in [5, 5.41) is 12.5. The Morgan fingerprint density at radius 1 is 0.921 bits per heavy atom. The number of nitrogens with zero attached hydrogens (tertiary/aromatic N) is 1. The molecule has 10 heteroatoms. The number of pyridine rings is 1. The molecule has 0 saturated heterocycles. The number of aromatic nitrogens is 1. The van der Waals surface area contributed by atoms with Crippen molar-refractivity contribution >= 4 is 28.5 Å². The predicted molar refractivity (Wildman–Crippen MR) is 141 cm³/mol. The first-order chi connectivity index (χ1) is 18.4. The van der Waals surface area contributed by atoms with Gasteiger partial charge in [0.05, 0.1) is 26.3 Å². The van der Waals surface area contributed by atoms with Gasteiger partial charge in [-0.3, -0.25) is 14.6 Å². The summed E-state index contributed by atoms with van der Waals surface area (Å²) >= 11 is 0. The van der Waals surface area contributed by atoms with E-state index >= 15 is 0 Å². The van der Waals surface area contributed by atoms with Crippen molar-refractivity contribution in [2.24, 2.45) is 5.73 Å². The molecule has 10 nitrogen and oxygen atoms in total. The minimum absolute atomic E-state index is 0.0931. The van der Waals surface area contributed by atoms with Gasteiger partial charge >= 0.3 is 5.97 Å². The van der Waals surface area contributed by atoms with Gasteiger partial charge in [0.1, 0.15) is 11.8 Å². The highest BCUT2D eigenvalue weighted by molar-refractivity contribution is 6.04. The van der Waals surface area contributed by atoms with Gasteiger partial charge in [0.25, 0.3) is 5.91 Å². The summed E-state index contributed by atoms with van der Waals surface area (Å²) in [6, 6.07) is 18.1. The zero-order chi connectivity index (χ0) is 27.1. The van der Waals surface area contributed by atoms with Crippen LogP contribution < -0.4 is 30.0 Å². The Morgan fingerprint density at radius 3 is 2.37 bits per heavy atom. The molecule has 4 aromatic rings. The Morgan fingerprint density at radius 2 is 1.66 bits per heavy atom. The van der Waals surface area contributed by atoms with Gasteiger partial charge in [-0.15, -0.1) is 0 Å². The van der Waals surface area contributed by atoms with Crippen LogP contribution in [-0.4, -0.2) is 48.8 Å². The maximum atomic E-state index is 12.5. The third-order valence-electron chi connectivity index (χ3n) is 5.67. The summed E-state index contributed by atoms with van der Waals surface area (Å²) in [5.74, 6) is 0.832. The number of carbonyl (C=O) groups excluding carboxylic acids is 1. The first kappa shape index (κ1) is 26.2. The summed E-state index contributed by atoms with van der Waals surface area (Å²) in [5.41, 5.74) is 7.21. The predicted octanol–water partition coefficient (Wildman–Crippen LogP) is 4.48. The van der Waals surface area contributed by atoms with Crippen LogP contribution in [0.15, 0.2) is 72.9 Å². The van der Waals surface area contributed by atoms with Crippen molar-refractivity contribution in [3.8, 4) is 28.7 Å². The normalized spacial score (nSPS) is 11.4. The zero-order valence-corrected chi connectivity index (χ0v) is 20.8. The number of hydrogen-bond donors (Lipinski definition) is 3. The van der Waals surface area contributed by atoms with Crippen LogP contribution in [0.25, 0.3) is 10.9 Å². The maximum absolute atomic E-state index is 12.5. The molecule has 3 aromatic carbocycles. The van der Waals surface area contributed by atoms with Crippen LogP contribution in [0.2, 0.25) is 0 Å². The molecule has 196 valence electrons. The smallest absolute Gasteiger partial charge is 0.320 e. The van der Waals surface area contributed by atoms with E-state index in [1.165, 1.54) is 14.2 Å². The fourth-order valence-corrected chi connectivity index (χ4v) is 3.65. The van der Waals surface area contributed by atoms with Gasteiger partial charge < -0.3 is 35.1 Å². The average Bonchev–Trinajstić information content (AvgIpc) is 2.93. The highest BCUT2D eigenvalue weighted by Gasteiger charge is 2.16. The van der Waals surface area contributed by atoms with Crippen LogP contribution in [0.4, 0.5) is 5.69 Å². The number of ether oxygens (including phenoxy) is 4. The molecule has 0 radical (unpaired) electrons. The summed E-state index contributed by atoms with van der Waals surface area (Å²) in [7, 11) is 3.01. The van der Waals surface area contributed by atoms with Gasteiger partial charge in [0.2, 0.25) is 0 Å². The first-order valence-electron chi connectivity index (χ1n) is 11.7. The lowest BCUT2D eigenvalue weighted by molar-refractivity contribution is -0.138. The lowest BCUT2D eigenvalue weighted by Crippen LogP contribution is -2.31. The Balaban J connectivity index is 1.56. The van der Waals surface area contributed by atoms with E-state index in [-0.39, 0.29) is 18.9 Å². The number of methoxy groups -OCH3 is 2. The van der Waals surface area contributed by atoms with E-state index in [0.29, 0.717) is 50.9 Å². The zero-order valence-electron chi connectivity index (χ0n) is 20.8. The van der Waals surface area contributed by atoms with E-state index in [4.69, 9.17) is 29.8 Å². The van der Waals surface area contributed by atoms with Crippen molar-refractivity contribution in [3.05, 3.63) is 78.5 Å². The molecule has 0 aliphatic heterocycles. The Labute approximate surface area is 218 Å². The average molecular weight is 518 g/mol. The molecule has 4 rings (SSSR count). The Bertz CT molecular complexity index is 1440. The summed E-state index contributed by atoms with van der Waals surface area (Å²) in [6.45, 7) is 0.0931. The molecule has 1 atom stereocenters. The number of benzene rings is 3. The summed E-state index contributed by atoms with van der Waals surface area (Å²) in [6.07, 6.45) is 1.73. The number of nitrogens with one attached hydrogen (secondary N) is 1. The lowest BCUT2D eigenvalue weighted by Gasteiger charge is -2.16. The van der Waals surface area contributed by atoms with Crippen LogP contribution in [0.3, 0.4) is 0 Å². The molecule has 1 amide bonds. The second-order valence-electron chi connectivity index (χ2n) is 8.20. The minimum Gasteiger partial charge on any atom is -0.493 e. The van der Waals surface area contributed by atoms with Crippen LogP contribution in [0, 0.1) is 0 Å². The van der Waals surface area contributed by atoms with Crippen molar-refractivity contribution in [1.82, 2.24) is 4.98 Å². The highest BCUT2D eigenvalue weighted by atomic mass is 16.5. The monoisotopic (exact) mass is 517 g/mol. The van der Waals surface area contributed by atoms with Gasteiger partial charge in [-0.2, -0.15) is 0 Å². The molecule has 0 bridgehead atoms. The summed E-state index contributed by atoms with van der Waals surface area (Å²) in [4.78, 5) is 27.8. The van der Waals surface area contributed by atoms with Crippen molar-refractivity contribution in [2.45, 2.75) is 12.5 Å². The topological polar surface area (TPSA) is 142 Å². The van der Waals surface area contributed by atoms with E-state index in [2.05, 4.69) is 10.3 Å². The molecule has 0 saturated carbocycles.